The van der Waals surface area contributed by atoms with Crippen LogP contribution in [0, 0.1) is 11.3 Å². The Labute approximate surface area is 64.8 Å². The minimum absolute atomic E-state index is 0.558. The zero-order valence-electron chi connectivity index (χ0n) is 5.77. The summed E-state index contributed by atoms with van der Waals surface area (Å²) < 4.78 is 21.4. The van der Waals surface area contributed by atoms with Crippen LogP contribution < -0.4 is 0 Å². The summed E-state index contributed by atoms with van der Waals surface area (Å²) in [5.74, 6) is -1.18. The van der Waals surface area contributed by atoms with E-state index < -0.39 is 34.1 Å². The maximum absolute atomic E-state index is 10.7. The zero-order chi connectivity index (χ0) is 8.91. The third kappa shape index (κ3) is 4.72. The zero-order valence-corrected chi connectivity index (χ0v) is 6.58. The smallest absolute Gasteiger partial charge is 0.166 e. The minimum atomic E-state index is -3.51. The number of rotatable bonds is 4. The Balaban J connectivity index is 4.05. The number of nitrogens with zero attached hydrogens (tertiary/aromatic N) is 1. The van der Waals surface area contributed by atoms with Crippen LogP contribution in [0.15, 0.2) is 0 Å². The molecule has 6 heteroatoms. The van der Waals surface area contributed by atoms with E-state index in [-0.39, 0.29) is 0 Å². The van der Waals surface area contributed by atoms with Gasteiger partial charge in [-0.3, -0.25) is 0 Å². The van der Waals surface area contributed by atoms with Crippen LogP contribution in [0.4, 0.5) is 0 Å². The molecular formula is C5H9NO4S. The van der Waals surface area contributed by atoms with E-state index in [4.69, 9.17) is 15.5 Å². The van der Waals surface area contributed by atoms with Crippen molar-refractivity contribution in [1.82, 2.24) is 0 Å². The van der Waals surface area contributed by atoms with E-state index in [0.717, 1.165) is 0 Å². The van der Waals surface area contributed by atoms with Crippen LogP contribution in [-0.2, 0) is 9.84 Å². The highest BCUT2D eigenvalue weighted by Crippen LogP contribution is 1.93. The summed E-state index contributed by atoms with van der Waals surface area (Å²) >= 11 is 0. The summed E-state index contributed by atoms with van der Waals surface area (Å²) in [5, 5.41) is 25.0. The van der Waals surface area contributed by atoms with E-state index in [2.05, 4.69) is 0 Å². The van der Waals surface area contributed by atoms with Crippen molar-refractivity contribution in [3.63, 3.8) is 0 Å². The SMILES string of the molecule is N#CCS(=O)(=O)CC(O)CO. The van der Waals surface area contributed by atoms with Crippen LogP contribution in [0.5, 0.6) is 0 Å². The first-order valence-electron chi connectivity index (χ1n) is 2.88. The number of aliphatic hydroxyl groups excluding tert-OH is 2. The molecule has 1 atom stereocenters. The first kappa shape index (κ1) is 10.4. The number of sulfone groups is 1. The van der Waals surface area contributed by atoms with Crippen LogP contribution in [-0.4, -0.2) is 42.8 Å². The van der Waals surface area contributed by atoms with Crippen LogP contribution in [0.25, 0.3) is 0 Å². The summed E-state index contributed by atoms with van der Waals surface area (Å²) in [6.07, 6.45) is -1.28. The highest BCUT2D eigenvalue weighted by atomic mass is 32.2. The van der Waals surface area contributed by atoms with Gasteiger partial charge in [0, 0.05) is 0 Å². The molecule has 0 aliphatic rings. The van der Waals surface area contributed by atoms with Crippen LogP contribution >= 0.6 is 0 Å². The molecule has 0 aliphatic heterocycles. The lowest BCUT2D eigenvalue weighted by Crippen LogP contribution is -2.25. The van der Waals surface area contributed by atoms with Crippen molar-refractivity contribution in [3.05, 3.63) is 0 Å². The first-order chi connectivity index (χ1) is 5.02. The van der Waals surface area contributed by atoms with Gasteiger partial charge in [0.25, 0.3) is 0 Å². The maximum Gasteiger partial charge on any atom is 0.166 e. The van der Waals surface area contributed by atoms with Gasteiger partial charge in [-0.1, -0.05) is 0 Å². The van der Waals surface area contributed by atoms with Gasteiger partial charge < -0.3 is 10.2 Å². The molecule has 0 aromatic heterocycles. The van der Waals surface area contributed by atoms with Gasteiger partial charge in [0.1, 0.15) is 5.75 Å². The van der Waals surface area contributed by atoms with E-state index in [9.17, 15) is 8.42 Å². The average Bonchev–Trinajstić information content (AvgIpc) is 1.86. The van der Waals surface area contributed by atoms with Crippen molar-refractivity contribution in [1.29, 1.82) is 5.26 Å². The van der Waals surface area contributed by atoms with Gasteiger partial charge in [0.2, 0.25) is 0 Å². The van der Waals surface area contributed by atoms with E-state index in [1.54, 1.807) is 0 Å². The van der Waals surface area contributed by atoms with Gasteiger partial charge >= 0.3 is 0 Å². The third-order valence-electron chi connectivity index (χ3n) is 0.942. The van der Waals surface area contributed by atoms with E-state index >= 15 is 0 Å². The predicted octanol–water partition coefficient (Wildman–Crippen LogP) is -1.72. The first-order valence-corrected chi connectivity index (χ1v) is 4.70. The van der Waals surface area contributed by atoms with E-state index in [0.29, 0.717) is 0 Å². The lowest BCUT2D eigenvalue weighted by Gasteiger charge is -2.04. The molecule has 2 N–H and O–H groups in total. The molecule has 0 aromatic carbocycles. The van der Waals surface area contributed by atoms with Crippen molar-refractivity contribution in [2.75, 3.05) is 18.1 Å². The molecule has 0 rings (SSSR count). The van der Waals surface area contributed by atoms with Gasteiger partial charge in [-0.2, -0.15) is 5.26 Å². The quantitative estimate of drug-likeness (QED) is 0.534. The van der Waals surface area contributed by atoms with Crippen LogP contribution in [0.3, 0.4) is 0 Å². The summed E-state index contributed by atoms with van der Waals surface area (Å²) in [6, 6.07) is 1.46. The number of hydrogen-bond acceptors (Lipinski definition) is 5. The fourth-order valence-electron chi connectivity index (χ4n) is 0.503. The molecular weight excluding hydrogens is 170 g/mol. The van der Waals surface area contributed by atoms with Crippen molar-refractivity contribution in [2.24, 2.45) is 0 Å². The minimum Gasteiger partial charge on any atom is -0.394 e. The second kappa shape index (κ2) is 4.28. The molecule has 0 heterocycles. The molecule has 0 saturated heterocycles. The Bertz CT molecular complexity index is 240. The Morgan fingerprint density at radius 3 is 2.45 bits per heavy atom. The fraction of sp³-hybridized carbons (Fsp3) is 0.800. The number of hydrogen-bond donors (Lipinski definition) is 2. The van der Waals surface area contributed by atoms with Gasteiger partial charge in [0.05, 0.1) is 24.5 Å². The summed E-state index contributed by atoms with van der Waals surface area (Å²) in [5.41, 5.74) is 0. The summed E-state index contributed by atoms with van der Waals surface area (Å²) in [4.78, 5) is 0. The number of nitriles is 1. The molecule has 0 aromatic rings. The van der Waals surface area contributed by atoms with Crippen molar-refractivity contribution < 1.29 is 18.6 Å². The molecule has 0 bridgehead atoms. The molecule has 0 radical (unpaired) electrons. The normalized spacial score (nSPS) is 13.9. The molecule has 1 unspecified atom stereocenters. The Morgan fingerprint density at radius 1 is 1.55 bits per heavy atom. The lowest BCUT2D eigenvalue weighted by atomic mass is 10.4. The van der Waals surface area contributed by atoms with Crippen LogP contribution in [0.2, 0.25) is 0 Å². The Hall–Kier alpha value is -0.640. The van der Waals surface area contributed by atoms with Crippen LogP contribution in [0.1, 0.15) is 0 Å². The van der Waals surface area contributed by atoms with Gasteiger partial charge in [0.15, 0.2) is 9.84 Å². The molecule has 0 saturated carbocycles. The molecule has 64 valence electrons. The van der Waals surface area contributed by atoms with Crippen molar-refractivity contribution >= 4 is 9.84 Å². The van der Waals surface area contributed by atoms with Crippen molar-refractivity contribution in [2.45, 2.75) is 6.10 Å². The predicted molar refractivity (Wildman–Crippen MR) is 37.4 cm³/mol. The topological polar surface area (TPSA) is 98.4 Å². The fourth-order valence-corrected chi connectivity index (χ4v) is 1.51. The Kier molecular flexibility index (Phi) is 4.03. The molecule has 0 fully saturated rings. The van der Waals surface area contributed by atoms with Gasteiger partial charge in [-0.25, -0.2) is 8.42 Å². The maximum atomic E-state index is 10.7. The molecule has 11 heavy (non-hydrogen) atoms. The third-order valence-corrected chi connectivity index (χ3v) is 2.40. The second-order valence-corrected chi connectivity index (χ2v) is 4.16. The average molecular weight is 179 g/mol. The van der Waals surface area contributed by atoms with Gasteiger partial charge in [-0.15, -0.1) is 0 Å². The molecule has 5 nitrogen and oxygen atoms in total. The number of aliphatic hydroxyl groups is 2. The van der Waals surface area contributed by atoms with Crippen molar-refractivity contribution in [3.8, 4) is 6.07 Å². The largest absolute Gasteiger partial charge is 0.394 e. The van der Waals surface area contributed by atoms with E-state index in [1.807, 2.05) is 0 Å². The standard InChI is InChI=1S/C5H9NO4S/c6-1-2-11(9,10)4-5(8)3-7/h5,7-8H,2-4H2. The molecule has 0 spiro atoms. The monoisotopic (exact) mass is 179 g/mol. The Morgan fingerprint density at radius 2 is 2.09 bits per heavy atom. The summed E-state index contributed by atoms with van der Waals surface area (Å²) in [7, 11) is -3.51. The lowest BCUT2D eigenvalue weighted by molar-refractivity contribution is 0.112. The van der Waals surface area contributed by atoms with E-state index in [1.165, 1.54) is 6.07 Å². The summed E-state index contributed by atoms with van der Waals surface area (Å²) in [6.45, 7) is -0.606. The highest BCUT2D eigenvalue weighted by Gasteiger charge is 2.15. The molecule has 0 amide bonds. The molecule has 0 aliphatic carbocycles. The highest BCUT2D eigenvalue weighted by molar-refractivity contribution is 7.91. The van der Waals surface area contributed by atoms with Gasteiger partial charge in [-0.05, 0) is 0 Å². The second-order valence-electron chi connectivity index (χ2n) is 2.05.